The molecule has 64 valence electrons. The van der Waals surface area contributed by atoms with E-state index in [1.165, 1.54) is 12.8 Å². The zero-order valence-electron chi connectivity index (χ0n) is 7.18. The summed E-state index contributed by atoms with van der Waals surface area (Å²) in [7, 11) is 0. The molecule has 0 radical (unpaired) electrons. The Hall–Kier alpha value is -0.730. The maximum atomic E-state index is 10.8. The molecule has 2 unspecified atom stereocenters. The minimum absolute atomic E-state index is 0.0152. The van der Waals surface area contributed by atoms with E-state index in [9.17, 15) is 4.79 Å². The van der Waals surface area contributed by atoms with E-state index in [0.29, 0.717) is 12.1 Å². The van der Waals surface area contributed by atoms with Crippen LogP contribution in [0.4, 0.5) is 4.79 Å². The Bertz CT molecular complexity index is 147. The fourth-order valence-corrected chi connectivity index (χ4v) is 1.39. The number of unbranched alkanes of at least 4 members (excludes halogenated alkanes) is 1. The molecule has 2 amide bonds. The fraction of sp³-hybridized carbons (Fsp3) is 0.875. The van der Waals surface area contributed by atoms with Crippen molar-refractivity contribution in [3.05, 3.63) is 0 Å². The van der Waals surface area contributed by atoms with Crippen LogP contribution in [0.1, 0.15) is 33.1 Å². The van der Waals surface area contributed by atoms with Crippen LogP contribution in [0.15, 0.2) is 0 Å². The number of amides is 2. The molecule has 3 heteroatoms. The first kappa shape index (κ1) is 8.37. The quantitative estimate of drug-likeness (QED) is 0.634. The van der Waals surface area contributed by atoms with E-state index in [1.54, 1.807) is 0 Å². The Morgan fingerprint density at radius 1 is 1.45 bits per heavy atom. The van der Waals surface area contributed by atoms with Gasteiger partial charge in [0, 0.05) is 6.04 Å². The van der Waals surface area contributed by atoms with Gasteiger partial charge in [-0.1, -0.05) is 19.8 Å². The van der Waals surface area contributed by atoms with Crippen molar-refractivity contribution >= 4 is 6.03 Å². The summed E-state index contributed by atoms with van der Waals surface area (Å²) in [5.41, 5.74) is 0. The highest BCUT2D eigenvalue weighted by Crippen LogP contribution is 2.08. The van der Waals surface area contributed by atoms with Crippen molar-refractivity contribution in [3.63, 3.8) is 0 Å². The molecule has 1 rings (SSSR count). The lowest BCUT2D eigenvalue weighted by Gasteiger charge is -2.12. The molecular formula is C8H16N2O. The lowest BCUT2D eigenvalue weighted by molar-refractivity contribution is 0.247. The summed E-state index contributed by atoms with van der Waals surface area (Å²) in [4.78, 5) is 10.8. The van der Waals surface area contributed by atoms with Crippen LogP contribution < -0.4 is 10.6 Å². The van der Waals surface area contributed by atoms with E-state index in [1.807, 2.05) is 6.92 Å². The second kappa shape index (κ2) is 3.60. The molecule has 1 aliphatic rings. The summed E-state index contributed by atoms with van der Waals surface area (Å²) in [5, 5.41) is 5.71. The predicted molar refractivity (Wildman–Crippen MR) is 44.4 cm³/mol. The zero-order chi connectivity index (χ0) is 8.27. The molecule has 0 aliphatic carbocycles. The van der Waals surface area contributed by atoms with Crippen molar-refractivity contribution < 1.29 is 4.79 Å². The van der Waals surface area contributed by atoms with Crippen LogP contribution in [0, 0.1) is 0 Å². The summed E-state index contributed by atoms with van der Waals surface area (Å²) in [6.07, 6.45) is 3.48. The molecule has 1 aliphatic heterocycles. The maximum absolute atomic E-state index is 10.8. The Balaban J connectivity index is 2.28. The summed E-state index contributed by atoms with van der Waals surface area (Å²) in [5.74, 6) is 0. The van der Waals surface area contributed by atoms with Gasteiger partial charge in [-0.15, -0.1) is 0 Å². The number of nitrogens with one attached hydrogen (secondary N) is 2. The van der Waals surface area contributed by atoms with E-state index in [2.05, 4.69) is 17.6 Å². The first-order valence-electron chi connectivity index (χ1n) is 4.31. The average Bonchev–Trinajstić information content (AvgIpc) is 2.26. The predicted octanol–water partition coefficient (Wildman–Crippen LogP) is 1.25. The number of hydrogen-bond acceptors (Lipinski definition) is 1. The molecule has 2 atom stereocenters. The number of urea groups is 1. The van der Waals surface area contributed by atoms with Gasteiger partial charge in [0.2, 0.25) is 0 Å². The summed E-state index contributed by atoms with van der Waals surface area (Å²) in [6, 6.07) is 0.634. The number of carbonyl (C=O) groups excluding carboxylic acids is 1. The standard InChI is InChI=1S/C8H16N2O/c1-3-4-5-7-6(2)9-8(11)10-7/h6-7H,3-5H2,1-2H3,(H2,9,10,11). The summed E-state index contributed by atoms with van der Waals surface area (Å²) >= 11 is 0. The SMILES string of the molecule is CCCCC1NC(=O)NC1C. The molecule has 0 aromatic rings. The van der Waals surface area contributed by atoms with Crippen LogP contribution >= 0.6 is 0 Å². The van der Waals surface area contributed by atoms with E-state index in [-0.39, 0.29) is 6.03 Å². The Morgan fingerprint density at radius 3 is 2.64 bits per heavy atom. The first-order valence-corrected chi connectivity index (χ1v) is 4.31. The maximum Gasteiger partial charge on any atom is 0.315 e. The van der Waals surface area contributed by atoms with Gasteiger partial charge in [0.25, 0.3) is 0 Å². The molecule has 0 spiro atoms. The third-order valence-corrected chi connectivity index (χ3v) is 2.15. The number of rotatable bonds is 3. The monoisotopic (exact) mass is 156 g/mol. The van der Waals surface area contributed by atoms with Gasteiger partial charge in [0.15, 0.2) is 0 Å². The van der Waals surface area contributed by atoms with Gasteiger partial charge >= 0.3 is 6.03 Å². The van der Waals surface area contributed by atoms with Gasteiger partial charge in [-0.2, -0.15) is 0 Å². The molecule has 1 heterocycles. The highest BCUT2D eigenvalue weighted by Gasteiger charge is 2.26. The second-order valence-electron chi connectivity index (χ2n) is 3.16. The molecule has 2 N–H and O–H groups in total. The van der Waals surface area contributed by atoms with Gasteiger partial charge < -0.3 is 10.6 Å². The minimum Gasteiger partial charge on any atom is -0.334 e. The van der Waals surface area contributed by atoms with Crippen molar-refractivity contribution in [2.75, 3.05) is 0 Å². The molecule has 0 saturated carbocycles. The van der Waals surface area contributed by atoms with Crippen molar-refractivity contribution in [2.45, 2.75) is 45.2 Å². The van der Waals surface area contributed by atoms with Gasteiger partial charge in [-0.25, -0.2) is 4.79 Å². The Labute approximate surface area is 67.5 Å². The molecule has 0 aromatic carbocycles. The smallest absolute Gasteiger partial charge is 0.315 e. The summed E-state index contributed by atoms with van der Waals surface area (Å²) < 4.78 is 0. The topological polar surface area (TPSA) is 41.1 Å². The Kier molecular flexibility index (Phi) is 2.74. The van der Waals surface area contributed by atoms with E-state index in [4.69, 9.17) is 0 Å². The van der Waals surface area contributed by atoms with Crippen LogP contribution in [-0.4, -0.2) is 18.1 Å². The van der Waals surface area contributed by atoms with Gasteiger partial charge in [0.05, 0.1) is 6.04 Å². The van der Waals surface area contributed by atoms with Crippen LogP contribution in [0.3, 0.4) is 0 Å². The van der Waals surface area contributed by atoms with Crippen molar-refractivity contribution in [1.82, 2.24) is 10.6 Å². The first-order chi connectivity index (χ1) is 5.24. The summed E-state index contributed by atoms with van der Waals surface area (Å²) in [6.45, 7) is 4.20. The lowest BCUT2D eigenvalue weighted by Crippen LogP contribution is -2.30. The minimum atomic E-state index is -0.0152. The lowest BCUT2D eigenvalue weighted by atomic mass is 10.1. The van der Waals surface area contributed by atoms with Crippen LogP contribution in [-0.2, 0) is 0 Å². The van der Waals surface area contributed by atoms with Crippen molar-refractivity contribution in [1.29, 1.82) is 0 Å². The van der Waals surface area contributed by atoms with Gasteiger partial charge in [-0.3, -0.25) is 0 Å². The molecular weight excluding hydrogens is 140 g/mol. The fourth-order valence-electron chi connectivity index (χ4n) is 1.39. The zero-order valence-corrected chi connectivity index (χ0v) is 7.18. The largest absolute Gasteiger partial charge is 0.334 e. The average molecular weight is 156 g/mol. The van der Waals surface area contributed by atoms with E-state index < -0.39 is 0 Å². The van der Waals surface area contributed by atoms with Crippen LogP contribution in [0.2, 0.25) is 0 Å². The normalized spacial score (nSPS) is 29.8. The van der Waals surface area contributed by atoms with Gasteiger partial charge in [0.1, 0.15) is 0 Å². The molecule has 3 nitrogen and oxygen atoms in total. The van der Waals surface area contributed by atoms with Crippen molar-refractivity contribution in [3.8, 4) is 0 Å². The Morgan fingerprint density at radius 2 is 2.18 bits per heavy atom. The second-order valence-corrected chi connectivity index (χ2v) is 3.16. The molecule has 0 aromatic heterocycles. The highest BCUT2D eigenvalue weighted by atomic mass is 16.2. The third kappa shape index (κ3) is 2.10. The third-order valence-electron chi connectivity index (χ3n) is 2.15. The van der Waals surface area contributed by atoms with Gasteiger partial charge in [-0.05, 0) is 13.3 Å². The molecule has 11 heavy (non-hydrogen) atoms. The molecule has 1 fully saturated rings. The van der Waals surface area contributed by atoms with Crippen LogP contribution in [0.5, 0.6) is 0 Å². The van der Waals surface area contributed by atoms with E-state index >= 15 is 0 Å². The number of hydrogen-bond donors (Lipinski definition) is 2. The van der Waals surface area contributed by atoms with E-state index in [0.717, 1.165) is 6.42 Å². The molecule has 0 bridgehead atoms. The highest BCUT2D eigenvalue weighted by molar-refractivity contribution is 5.77. The van der Waals surface area contributed by atoms with Crippen molar-refractivity contribution in [2.24, 2.45) is 0 Å². The molecule has 1 saturated heterocycles. The number of carbonyl (C=O) groups is 1. The van der Waals surface area contributed by atoms with Crippen LogP contribution in [0.25, 0.3) is 0 Å².